The van der Waals surface area contributed by atoms with Gasteiger partial charge in [-0.1, -0.05) is 17.4 Å². The third kappa shape index (κ3) is 3.63. The number of nitrogens with one attached hydrogen (secondary N) is 1. The first-order valence-corrected chi connectivity index (χ1v) is 7.59. The van der Waals surface area contributed by atoms with Crippen molar-refractivity contribution < 1.29 is 0 Å². The molecule has 0 saturated carbocycles. The smallest absolute Gasteiger partial charge is 0.206 e. The molecule has 0 unspecified atom stereocenters. The SMILES string of the molecule is Cn1cc(CCCNc2nnc(-c3ccccn3)s2)cn1. The van der Waals surface area contributed by atoms with E-state index >= 15 is 0 Å². The summed E-state index contributed by atoms with van der Waals surface area (Å²) in [5.74, 6) is 0. The van der Waals surface area contributed by atoms with Crippen molar-refractivity contribution >= 4 is 16.5 Å². The van der Waals surface area contributed by atoms with Gasteiger partial charge >= 0.3 is 0 Å². The van der Waals surface area contributed by atoms with Gasteiger partial charge < -0.3 is 5.32 Å². The van der Waals surface area contributed by atoms with Gasteiger partial charge in [0.25, 0.3) is 0 Å². The third-order valence-corrected chi connectivity index (χ3v) is 3.89. The normalized spacial score (nSPS) is 10.7. The van der Waals surface area contributed by atoms with Gasteiger partial charge in [-0.15, -0.1) is 10.2 Å². The maximum atomic E-state index is 4.27. The Morgan fingerprint density at radius 3 is 3.00 bits per heavy atom. The zero-order valence-electron chi connectivity index (χ0n) is 11.7. The number of nitrogens with zero attached hydrogens (tertiary/aromatic N) is 5. The van der Waals surface area contributed by atoms with E-state index in [1.165, 1.54) is 16.9 Å². The van der Waals surface area contributed by atoms with Crippen LogP contribution >= 0.6 is 11.3 Å². The van der Waals surface area contributed by atoms with Gasteiger partial charge in [0, 0.05) is 26.0 Å². The van der Waals surface area contributed by atoms with Crippen molar-refractivity contribution in [2.45, 2.75) is 12.8 Å². The molecule has 0 radical (unpaired) electrons. The predicted molar refractivity (Wildman–Crippen MR) is 83.2 cm³/mol. The van der Waals surface area contributed by atoms with Crippen LogP contribution in [0.1, 0.15) is 12.0 Å². The number of hydrogen-bond acceptors (Lipinski definition) is 6. The first kappa shape index (κ1) is 13.7. The van der Waals surface area contributed by atoms with Crippen LogP contribution in [0.25, 0.3) is 10.7 Å². The molecule has 3 heterocycles. The quantitative estimate of drug-likeness (QED) is 0.708. The minimum atomic E-state index is 0.835. The third-order valence-electron chi connectivity index (χ3n) is 2.99. The molecule has 6 nitrogen and oxygen atoms in total. The monoisotopic (exact) mass is 300 g/mol. The fourth-order valence-corrected chi connectivity index (χ4v) is 2.72. The number of pyridine rings is 1. The Morgan fingerprint density at radius 2 is 2.24 bits per heavy atom. The summed E-state index contributed by atoms with van der Waals surface area (Å²) in [5, 5.41) is 17.4. The highest BCUT2D eigenvalue weighted by atomic mass is 32.1. The van der Waals surface area contributed by atoms with Gasteiger partial charge in [-0.2, -0.15) is 5.10 Å². The highest BCUT2D eigenvalue weighted by Gasteiger charge is 2.06. The molecule has 0 amide bonds. The molecule has 3 aromatic heterocycles. The summed E-state index contributed by atoms with van der Waals surface area (Å²) in [5.41, 5.74) is 2.11. The molecule has 0 atom stereocenters. The lowest BCUT2D eigenvalue weighted by Gasteiger charge is -2.00. The van der Waals surface area contributed by atoms with Gasteiger partial charge in [0.05, 0.1) is 6.20 Å². The lowest BCUT2D eigenvalue weighted by atomic mass is 10.2. The second-order valence-corrected chi connectivity index (χ2v) is 5.66. The van der Waals surface area contributed by atoms with Crippen molar-refractivity contribution in [1.82, 2.24) is 25.0 Å². The number of aromatic nitrogens is 5. The van der Waals surface area contributed by atoms with Gasteiger partial charge in [0.15, 0.2) is 5.01 Å². The molecule has 1 N–H and O–H groups in total. The van der Waals surface area contributed by atoms with Crippen molar-refractivity contribution in [2.75, 3.05) is 11.9 Å². The Kier molecular flexibility index (Phi) is 4.20. The number of aryl methyl sites for hydroxylation is 2. The molecule has 0 saturated heterocycles. The fourth-order valence-electron chi connectivity index (χ4n) is 1.98. The summed E-state index contributed by atoms with van der Waals surface area (Å²) < 4.78 is 1.83. The Morgan fingerprint density at radius 1 is 1.29 bits per heavy atom. The number of hydrogen-bond donors (Lipinski definition) is 1. The van der Waals surface area contributed by atoms with E-state index in [-0.39, 0.29) is 0 Å². The topological polar surface area (TPSA) is 68.5 Å². The highest BCUT2D eigenvalue weighted by Crippen LogP contribution is 2.24. The van der Waals surface area contributed by atoms with Crippen LogP contribution in [0.15, 0.2) is 36.8 Å². The molecule has 0 spiro atoms. The van der Waals surface area contributed by atoms with Crippen molar-refractivity contribution in [1.29, 1.82) is 0 Å². The molecule has 0 aliphatic rings. The summed E-state index contributed by atoms with van der Waals surface area (Å²) in [6.45, 7) is 0.867. The molecule has 0 aliphatic carbocycles. The maximum Gasteiger partial charge on any atom is 0.206 e. The standard InChI is InChI=1S/C14H16N6S/c1-20-10-11(9-17-20)5-4-8-16-14-19-18-13(21-14)12-6-2-3-7-15-12/h2-3,6-7,9-10H,4-5,8H2,1H3,(H,16,19). The van der Waals surface area contributed by atoms with Crippen LogP contribution in [0.5, 0.6) is 0 Å². The molecule has 0 aromatic carbocycles. The van der Waals surface area contributed by atoms with Crippen LogP contribution in [0, 0.1) is 0 Å². The molecular weight excluding hydrogens is 284 g/mol. The molecule has 3 rings (SSSR count). The molecule has 0 aliphatic heterocycles. The van der Waals surface area contributed by atoms with Crippen molar-refractivity contribution in [3.8, 4) is 10.7 Å². The first-order valence-electron chi connectivity index (χ1n) is 6.77. The van der Waals surface area contributed by atoms with E-state index in [2.05, 4.69) is 25.6 Å². The molecule has 7 heteroatoms. The molecule has 0 fully saturated rings. The average Bonchev–Trinajstić information content (AvgIpc) is 3.14. The molecular formula is C14H16N6S. The second-order valence-electron chi connectivity index (χ2n) is 4.68. The predicted octanol–water partition coefficient (Wildman–Crippen LogP) is 2.38. The van der Waals surface area contributed by atoms with E-state index in [9.17, 15) is 0 Å². The van der Waals surface area contributed by atoms with E-state index in [1.807, 2.05) is 42.3 Å². The van der Waals surface area contributed by atoms with Crippen LogP contribution in [-0.2, 0) is 13.5 Å². The first-order chi connectivity index (χ1) is 10.3. The molecule has 108 valence electrons. The van der Waals surface area contributed by atoms with Crippen LogP contribution in [0.4, 0.5) is 5.13 Å². The van der Waals surface area contributed by atoms with Crippen LogP contribution < -0.4 is 5.32 Å². The van der Waals surface area contributed by atoms with Gasteiger partial charge in [-0.25, -0.2) is 0 Å². The summed E-state index contributed by atoms with van der Waals surface area (Å²) in [7, 11) is 1.93. The van der Waals surface area contributed by atoms with Gasteiger partial charge in [0.2, 0.25) is 5.13 Å². The Hall–Kier alpha value is -2.28. The number of rotatable bonds is 6. The van der Waals surface area contributed by atoms with Crippen LogP contribution in [0.2, 0.25) is 0 Å². The van der Waals surface area contributed by atoms with Crippen molar-refractivity contribution in [3.63, 3.8) is 0 Å². The second kappa shape index (κ2) is 6.45. The average molecular weight is 300 g/mol. The Labute approximate surface area is 126 Å². The van der Waals surface area contributed by atoms with E-state index in [4.69, 9.17) is 0 Å². The summed E-state index contributed by atoms with van der Waals surface area (Å²) >= 11 is 1.52. The summed E-state index contributed by atoms with van der Waals surface area (Å²) in [6, 6.07) is 5.78. The highest BCUT2D eigenvalue weighted by molar-refractivity contribution is 7.18. The van der Waals surface area contributed by atoms with Crippen molar-refractivity contribution in [2.24, 2.45) is 7.05 Å². The summed E-state index contributed by atoms with van der Waals surface area (Å²) in [4.78, 5) is 4.27. The Bertz CT molecular complexity index is 690. The lowest BCUT2D eigenvalue weighted by Crippen LogP contribution is -2.02. The molecule has 21 heavy (non-hydrogen) atoms. The molecule has 3 aromatic rings. The fraction of sp³-hybridized carbons (Fsp3) is 0.286. The lowest BCUT2D eigenvalue weighted by molar-refractivity contribution is 0.765. The maximum absolute atomic E-state index is 4.27. The zero-order chi connectivity index (χ0) is 14.5. The van der Waals surface area contributed by atoms with E-state index in [1.54, 1.807) is 6.20 Å². The minimum Gasteiger partial charge on any atom is -0.360 e. The van der Waals surface area contributed by atoms with Crippen LogP contribution in [0.3, 0.4) is 0 Å². The van der Waals surface area contributed by atoms with E-state index in [0.717, 1.165) is 35.2 Å². The van der Waals surface area contributed by atoms with E-state index < -0.39 is 0 Å². The molecule has 0 bridgehead atoms. The largest absolute Gasteiger partial charge is 0.360 e. The summed E-state index contributed by atoms with van der Waals surface area (Å²) in [6.07, 6.45) is 7.75. The van der Waals surface area contributed by atoms with Gasteiger partial charge in [-0.05, 0) is 30.5 Å². The van der Waals surface area contributed by atoms with Crippen LogP contribution in [-0.4, -0.2) is 31.5 Å². The van der Waals surface area contributed by atoms with E-state index in [0.29, 0.717) is 0 Å². The minimum absolute atomic E-state index is 0.835. The zero-order valence-corrected chi connectivity index (χ0v) is 12.5. The Balaban J connectivity index is 1.49. The van der Waals surface area contributed by atoms with Crippen molar-refractivity contribution in [3.05, 3.63) is 42.4 Å². The number of anilines is 1. The van der Waals surface area contributed by atoms with Gasteiger partial charge in [-0.3, -0.25) is 9.67 Å². The van der Waals surface area contributed by atoms with Gasteiger partial charge in [0.1, 0.15) is 5.69 Å².